The van der Waals surface area contributed by atoms with Crippen LogP contribution in [0.15, 0.2) is 24.3 Å². The van der Waals surface area contributed by atoms with Crippen LogP contribution in [0.3, 0.4) is 0 Å². The third-order valence-electron chi connectivity index (χ3n) is 5.40. The van der Waals surface area contributed by atoms with Gasteiger partial charge in [0.15, 0.2) is 5.13 Å². The monoisotopic (exact) mass is 428 g/mol. The van der Waals surface area contributed by atoms with Crippen LogP contribution in [0.1, 0.15) is 60.5 Å². The number of rotatable bonds is 5. The Morgan fingerprint density at radius 2 is 1.93 bits per heavy atom. The zero-order valence-electron chi connectivity index (χ0n) is 17.4. The molecule has 7 nitrogen and oxygen atoms in total. The predicted molar refractivity (Wildman–Crippen MR) is 117 cm³/mol. The number of fused-ring (bicyclic) bond motifs is 1. The summed E-state index contributed by atoms with van der Waals surface area (Å²) in [5.74, 6) is 0.759. The fourth-order valence-electron chi connectivity index (χ4n) is 3.94. The zero-order chi connectivity index (χ0) is 21.1. The molecule has 160 valence electrons. The van der Waals surface area contributed by atoms with Crippen LogP contribution < -0.4 is 15.4 Å². The van der Waals surface area contributed by atoms with Crippen molar-refractivity contribution in [3.05, 3.63) is 40.4 Å². The number of ether oxygens (including phenoxy) is 1. The Bertz CT molecular complexity index is 904. The number of carbonyl (C=O) groups is 2. The van der Waals surface area contributed by atoms with Crippen LogP contribution in [-0.2, 0) is 13.0 Å². The fourth-order valence-corrected chi connectivity index (χ4v) is 4.96. The SMILES string of the molecule is CC(C)Oc1ccc(C(=O)N2CCc3nc(NC(=O)NC4CCCC4)sc3C2)cc1. The Morgan fingerprint density at radius 3 is 2.63 bits per heavy atom. The number of benzene rings is 1. The van der Waals surface area contributed by atoms with Gasteiger partial charge in [0, 0.05) is 29.4 Å². The second-order valence-electron chi connectivity index (χ2n) is 8.14. The second-order valence-corrected chi connectivity index (χ2v) is 9.22. The van der Waals surface area contributed by atoms with E-state index in [4.69, 9.17) is 4.74 Å². The average molecular weight is 429 g/mol. The van der Waals surface area contributed by atoms with Crippen LogP contribution in [0.2, 0.25) is 0 Å². The molecule has 0 bridgehead atoms. The molecule has 1 saturated carbocycles. The lowest BCUT2D eigenvalue weighted by molar-refractivity contribution is 0.0736. The molecule has 1 aromatic heterocycles. The Hall–Kier alpha value is -2.61. The maximum Gasteiger partial charge on any atom is 0.321 e. The molecule has 0 atom stereocenters. The van der Waals surface area contributed by atoms with Gasteiger partial charge in [-0.1, -0.05) is 24.2 Å². The molecule has 1 aromatic carbocycles. The Balaban J connectivity index is 1.36. The summed E-state index contributed by atoms with van der Waals surface area (Å²) in [6.07, 6.45) is 5.23. The Morgan fingerprint density at radius 1 is 1.20 bits per heavy atom. The standard InChI is InChI=1S/C22H28N4O3S/c1-14(2)29-17-9-7-15(8-10-17)20(27)26-12-11-18-19(13-26)30-22(24-18)25-21(28)23-16-5-3-4-6-16/h7-10,14,16H,3-6,11-13H2,1-2H3,(H2,23,24,25,28). The van der Waals surface area contributed by atoms with Gasteiger partial charge in [-0.3, -0.25) is 10.1 Å². The maximum absolute atomic E-state index is 12.9. The summed E-state index contributed by atoms with van der Waals surface area (Å²) in [5, 5.41) is 6.47. The molecule has 2 heterocycles. The minimum Gasteiger partial charge on any atom is -0.491 e. The lowest BCUT2D eigenvalue weighted by atomic mass is 10.1. The molecule has 2 N–H and O–H groups in total. The van der Waals surface area contributed by atoms with Crippen molar-refractivity contribution in [2.75, 3.05) is 11.9 Å². The molecule has 0 spiro atoms. The molecule has 1 aliphatic carbocycles. The molecule has 0 radical (unpaired) electrons. The first-order valence-corrected chi connectivity index (χ1v) is 11.4. The second kappa shape index (κ2) is 9.04. The molecular formula is C22H28N4O3S. The van der Waals surface area contributed by atoms with E-state index < -0.39 is 0 Å². The van der Waals surface area contributed by atoms with E-state index in [0.29, 0.717) is 30.2 Å². The highest BCUT2D eigenvalue weighted by atomic mass is 32.1. The highest BCUT2D eigenvalue weighted by Crippen LogP contribution is 2.29. The van der Waals surface area contributed by atoms with E-state index in [1.165, 1.54) is 24.2 Å². The summed E-state index contributed by atoms with van der Waals surface area (Å²) in [7, 11) is 0. The largest absolute Gasteiger partial charge is 0.491 e. The smallest absolute Gasteiger partial charge is 0.321 e. The minimum atomic E-state index is -0.190. The lowest BCUT2D eigenvalue weighted by Crippen LogP contribution is -2.36. The van der Waals surface area contributed by atoms with Gasteiger partial charge in [0.1, 0.15) is 5.75 Å². The molecule has 2 aromatic rings. The third kappa shape index (κ3) is 4.92. The van der Waals surface area contributed by atoms with Gasteiger partial charge in [0.05, 0.1) is 18.3 Å². The van der Waals surface area contributed by atoms with Crippen molar-refractivity contribution in [1.29, 1.82) is 0 Å². The summed E-state index contributed by atoms with van der Waals surface area (Å²) in [6, 6.07) is 7.36. The first kappa shape index (κ1) is 20.7. The molecule has 8 heteroatoms. The molecule has 2 aliphatic rings. The van der Waals surface area contributed by atoms with Crippen LogP contribution in [0.25, 0.3) is 0 Å². The Kier molecular flexibility index (Phi) is 6.22. The number of carbonyl (C=O) groups excluding carboxylic acids is 2. The highest BCUT2D eigenvalue weighted by molar-refractivity contribution is 7.15. The summed E-state index contributed by atoms with van der Waals surface area (Å²) in [6.45, 7) is 5.08. The quantitative estimate of drug-likeness (QED) is 0.748. The van der Waals surface area contributed by atoms with E-state index in [2.05, 4.69) is 15.6 Å². The van der Waals surface area contributed by atoms with Crippen molar-refractivity contribution in [3.8, 4) is 5.75 Å². The van der Waals surface area contributed by atoms with Gasteiger partial charge < -0.3 is 15.0 Å². The molecule has 1 aliphatic heterocycles. The van der Waals surface area contributed by atoms with Crippen LogP contribution >= 0.6 is 11.3 Å². The number of thiazole rings is 1. The normalized spacial score (nSPS) is 16.4. The molecule has 30 heavy (non-hydrogen) atoms. The molecule has 0 saturated heterocycles. The van der Waals surface area contributed by atoms with Gasteiger partial charge >= 0.3 is 6.03 Å². The summed E-state index contributed by atoms with van der Waals surface area (Å²) < 4.78 is 5.65. The Labute approximate surface area is 180 Å². The number of nitrogens with zero attached hydrogens (tertiary/aromatic N) is 2. The number of nitrogens with one attached hydrogen (secondary N) is 2. The van der Waals surface area contributed by atoms with Crippen molar-refractivity contribution in [2.24, 2.45) is 0 Å². The van der Waals surface area contributed by atoms with Gasteiger partial charge in [-0.05, 0) is 51.0 Å². The average Bonchev–Trinajstić information content (AvgIpc) is 3.36. The molecule has 1 fully saturated rings. The molecule has 3 amide bonds. The van der Waals surface area contributed by atoms with E-state index in [1.807, 2.05) is 43.0 Å². The first-order valence-electron chi connectivity index (χ1n) is 10.6. The van der Waals surface area contributed by atoms with Crippen LogP contribution in [-0.4, -0.2) is 40.5 Å². The molecular weight excluding hydrogens is 400 g/mol. The summed E-state index contributed by atoms with van der Waals surface area (Å²) in [5.41, 5.74) is 1.62. The van der Waals surface area contributed by atoms with Crippen molar-refractivity contribution >= 4 is 28.4 Å². The van der Waals surface area contributed by atoms with E-state index in [0.717, 1.165) is 29.2 Å². The summed E-state index contributed by atoms with van der Waals surface area (Å²) in [4.78, 5) is 32.5. The highest BCUT2D eigenvalue weighted by Gasteiger charge is 2.26. The van der Waals surface area contributed by atoms with Crippen molar-refractivity contribution in [2.45, 2.75) is 64.6 Å². The van der Waals surface area contributed by atoms with Gasteiger partial charge in [-0.25, -0.2) is 9.78 Å². The lowest BCUT2D eigenvalue weighted by Gasteiger charge is -2.26. The number of amides is 3. The van der Waals surface area contributed by atoms with E-state index in [1.54, 1.807) is 0 Å². The number of aromatic nitrogens is 1. The van der Waals surface area contributed by atoms with Gasteiger partial charge in [0.25, 0.3) is 5.91 Å². The molecule has 0 unspecified atom stereocenters. The van der Waals surface area contributed by atoms with E-state index in [9.17, 15) is 9.59 Å². The first-order chi connectivity index (χ1) is 14.5. The number of anilines is 1. The third-order valence-corrected chi connectivity index (χ3v) is 6.40. The predicted octanol–water partition coefficient (Wildman–Crippen LogP) is 4.19. The van der Waals surface area contributed by atoms with Gasteiger partial charge in [-0.2, -0.15) is 0 Å². The van der Waals surface area contributed by atoms with Crippen molar-refractivity contribution < 1.29 is 14.3 Å². The van der Waals surface area contributed by atoms with E-state index >= 15 is 0 Å². The van der Waals surface area contributed by atoms with Gasteiger partial charge in [-0.15, -0.1) is 0 Å². The van der Waals surface area contributed by atoms with Crippen LogP contribution in [0.4, 0.5) is 9.93 Å². The topological polar surface area (TPSA) is 83.6 Å². The van der Waals surface area contributed by atoms with Gasteiger partial charge in [0.2, 0.25) is 0 Å². The number of hydrogen-bond acceptors (Lipinski definition) is 5. The summed E-state index contributed by atoms with van der Waals surface area (Å²) >= 11 is 1.45. The van der Waals surface area contributed by atoms with Crippen LogP contribution in [0.5, 0.6) is 5.75 Å². The minimum absolute atomic E-state index is 0.00127. The van der Waals surface area contributed by atoms with E-state index in [-0.39, 0.29) is 24.1 Å². The maximum atomic E-state index is 12.9. The fraction of sp³-hybridized carbons (Fsp3) is 0.500. The van der Waals surface area contributed by atoms with Crippen LogP contribution in [0, 0.1) is 0 Å². The number of urea groups is 1. The molecule has 4 rings (SSSR count). The van der Waals surface area contributed by atoms with Crippen molar-refractivity contribution in [1.82, 2.24) is 15.2 Å². The number of hydrogen-bond donors (Lipinski definition) is 2. The van der Waals surface area contributed by atoms with Crippen molar-refractivity contribution in [3.63, 3.8) is 0 Å². The zero-order valence-corrected chi connectivity index (χ0v) is 18.3.